The lowest BCUT2D eigenvalue weighted by Gasteiger charge is -2.36. The number of quaternary nitrogens is 1. The van der Waals surface area contributed by atoms with Gasteiger partial charge in [0.15, 0.2) is 8.32 Å². The summed E-state index contributed by atoms with van der Waals surface area (Å²) in [5.74, 6) is 0.119. The third-order valence-corrected chi connectivity index (χ3v) is 10.7. The number of primary amides is 1. The quantitative estimate of drug-likeness (QED) is 0.0745. The van der Waals surface area contributed by atoms with Crippen molar-refractivity contribution in [3.8, 4) is 0 Å². The molecule has 33 heavy (non-hydrogen) atoms. The fraction of sp³-hybridized carbons (Fsp3) is 0.870. The second kappa shape index (κ2) is 13.8. The van der Waals surface area contributed by atoms with Crippen LogP contribution in [0.15, 0.2) is 0 Å². The number of hydrogen-bond donors (Lipinski definition) is 1. The molecular formula is C23H47N2O4S3Si+. The van der Waals surface area contributed by atoms with E-state index in [9.17, 15) is 9.59 Å². The molecule has 2 N–H and O–H groups in total. The van der Waals surface area contributed by atoms with Crippen molar-refractivity contribution in [1.29, 1.82) is 0 Å². The zero-order valence-electron chi connectivity index (χ0n) is 22.4. The fourth-order valence-electron chi connectivity index (χ4n) is 3.72. The van der Waals surface area contributed by atoms with Crippen molar-refractivity contribution in [2.45, 2.75) is 90.3 Å². The predicted molar refractivity (Wildman–Crippen MR) is 150 cm³/mol. The molecule has 0 aromatic heterocycles. The van der Waals surface area contributed by atoms with Crippen molar-refractivity contribution in [2.75, 3.05) is 33.6 Å². The summed E-state index contributed by atoms with van der Waals surface area (Å²) in [6.07, 6.45) is 2.95. The zero-order valence-corrected chi connectivity index (χ0v) is 25.9. The van der Waals surface area contributed by atoms with Gasteiger partial charge in [0.05, 0.1) is 31.3 Å². The standard InChI is InChI=1S/C23H46N2O4S3Si/c1-11-13-22(4,20(27)28-17-25(6,7)8)16-23(5,19(24)26)32-21(30)31-14-12-15-33(9,10)29-18(2)3/h18H,11-17H2,1-10H3,(H-,24,26)/p+1. The first kappa shape index (κ1) is 32.9. The number of amides is 1. The van der Waals surface area contributed by atoms with Crippen LogP contribution in [-0.2, 0) is 18.8 Å². The van der Waals surface area contributed by atoms with Crippen molar-refractivity contribution in [2.24, 2.45) is 11.1 Å². The molecule has 0 saturated heterocycles. The normalized spacial score (nSPS) is 16.2. The summed E-state index contributed by atoms with van der Waals surface area (Å²) in [6, 6.07) is 1.06. The Morgan fingerprint density at radius 3 is 2.21 bits per heavy atom. The minimum Gasteiger partial charge on any atom is -0.415 e. The largest absolute Gasteiger partial charge is 0.415 e. The number of carbonyl (C=O) groups is 2. The Labute approximate surface area is 217 Å². The highest BCUT2D eigenvalue weighted by Gasteiger charge is 2.46. The van der Waals surface area contributed by atoms with Crippen LogP contribution in [0.2, 0.25) is 19.1 Å². The molecule has 0 rings (SSSR count). The van der Waals surface area contributed by atoms with Crippen molar-refractivity contribution in [3.05, 3.63) is 0 Å². The average molecular weight is 540 g/mol. The number of ether oxygens (including phenoxy) is 1. The summed E-state index contributed by atoms with van der Waals surface area (Å²) in [4.78, 5) is 25.5. The topological polar surface area (TPSA) is 78.6 Å². The van der Waals surface area contributed by atoms with Gasteiger partial charge in [0.25, 0.3) is 0 Å². The second-order valence-corrected chi connectivity index (χ2v) is 19.2. The summed E-state index contributed by atoms with van der Waals surface area (Å²) in [5, 5.41) is 0. The molecule has 0 aliphatic rings. The van der Waals surface area contributed by atoms with E-state index in [-0.39, 0.29) is 25.2 Å². The van der Waals surface area contributed by atoms with Gasteiger partial charge in [0, 0.05) is 6.10 Å². The molecule has 2 unspecified atom stereocenters. The van der Waals surface area contributed by atoms with Crippen LogP contribution in [0.4, 0.5) is 0 Å². The molecule has 0 saturated carbocycles. The monoisotopic (exact) mass is 539 g/mol. The molecule has 0 spiro atoms. The van der Waals surface area contributed by atoms with Crippen LogP contribution in [0.3, 0.4) is 0 Å². The number of nitrogens with zero attached hydrogens (tertiary/aromatic N) is 1. The molecule has 1 amide bonds. The Kier molecular flexibility index (Phi) is 13.8. The van der Waals surface area contributed by atoms with Gasteiger partial charge in [-0.05, 0) is 71.8 Å². The van der Waals surface area contributed by atoms with Gasteiger partial charge in [-0.1, -0.05) is 37.3 Å². The molecule has 0 bridgehead atoms. The maximum atomic E-state index is 13.0. The maximum Gasteiger partial charge on any atom is 0.316 e. The lowest BCUT2D eigenvalue weighted by atomic mass is 9.77. The highest BCUT2D eigenvalue weighted by Crippen LogP contribution is 2.43. The predicted octanol–water partition coefficient (Wildman–Crippen LogP) is 5.41. The summed E-state index contributed by atoms with van der Waals surface area (Å²) in [6.45, 7) is 14.6. The first-order chi connectivity index (χ1) is 14.9. The molecule has 6 nitrogen and oxygen atoms in total. The van der Waals surface area contributed by atoms with Crippen LogP contribution in [0.1, 0.15) is 60.3 Å². The highest BCUT2D eigenvalue weighted by molar-refractivity contribution is 8.47. The first-order valence-corrected chi connectivity index (χ1v) is 17.0. The molecular weight excluding hydrogens is 493 g/mol. The van der Waals surface area contributed by atoms with Crippen LogP contribution in [0.5, 0.6) is 0 Å². The highest BCUT2D eigenvalue weighted by atomic mass is 32.2. The fourth-order valence-corrected chi connectivity index (χ4v) is 9.55. The number of thioether (sulfide) groups is 2. The Balaban J connectivity index is 5.13. The lowest BCUT2D eigenvalue weighted by molar-refractivity contribution is -0.888. The molecule has 10 heteroatoms. The number of hydrogen-bond acceptors (Lipinski definition) is 7. The van der Waals surface area contributed by atoms with Crippen LogP contribution < -0.4 is 5.73 Å². The minimum atomic E-state index is -1.67. The molecule has 0 aromatic carbocycles. The van der Waals surface area contributed by atoms with E-state index in [2.05, 4.69) is 26.9 Å². The van der Waals surface area contributed by atoms with E-state index in [1.54, 1.807) is 18.7 Å². The van der Waals surface area contributed by atoms with Crippen LogP contribution >= 0.6 is 35.7 Å². The summed E-state index contributed by atoms with van der Waals surface area (Å²) in [7, 11) is 4.21. The Morgan fingerprint density at radius 1 is 1.18 bits per heavy atom. The molecule has 0 heterocycles. The van der Waals surface area contributed by atoms with E-state index in [1.165, 1.54) is 11.8 Å². The SMILES string of the molecule is CCCC(C)(CC(C)(SC(=S)SCCC[Si](C)(C)OC(C)C)C(N)=O)C(=O)OC[N+](C)(C)C. The van der Waals surface area contributed by atoms with Crippen molar-refractivity contribution in [3.63, 3.8) is 0 Å². The smallest absolute Gasteiger partial charge is 0.316 e. The Morgan fingerprint density at radius 2 is 1.76 bits per heavy atom. The Hall–Kier alpha value is -0.133. The Bertz CT molecular complexity index is 671. The number of rotatable bonds is 15. The number of nitrogens with two attached hydrogens (primary N) is 1. The van der Waals surface area contributed by atoms with E-state index >= 15 is 0 Å². The summed E-state index contributed by atoms with van der Waals surface area (Å²) in [5.41, 5.74) is 5.01. The van der Waals surface area contributed by atoms with Gasteiger partial charge < -0.3 is 14.9 Å². The van der Waals surface area contributed by atoms with Gasteiger partial charge >= 0.3 is 5.97 Å². The van der Waals surface area contributed by atoms with Gasteiger partial charge in [0.1, 0.15) is 3.53 Å². The van der Waals surface area contributed by atoms with Gasteiger partial charge in [-0.25, -0.2) is 0 Å². The van der Waals surface area contributed by atoms with Crippen molar-refractivity contribution < 1.29 is 23.2 Å². The molecule has 0 fully saturated rings. The number of esters is 1. The summed E-state index contributed by atoms with van der Waals surface area (Å²) < 4.78 is 11.9. The first-order valence-electron chi connectivity index (χ1n) is 11.7. The molecule has 0 aliphatic carbocycles. The van der Waals surface area contributed by atoms with Crippen molar-refractivity contribution in [1.82, 2.24) is 0 Å². The van der Waals surface area contributed by atoms with E-state index in [0.29, 0.717) is 14.4 Å². The van der Waals surface area contributed by atoms with Crippen LogP contribution in [-0.4, -0.2) is 72.7 Å². The van der Waals surface area contributed by atoms with E-state index in [0.717, 1.165) is 24.6 Å². The zero-order chi connectivity index (χ0) is 26.1. The van der Waals surface area contributed by atoms with Crippen LogP contribution in [0.25, 0.3) is 0 Å². The average Bonchev–Trinajstić information content (AvgIpc) is 2.61. The summed E-state index contributed by atoms with van der Waals surface area (Å²) >= 11 is 8.48. The minimum absolute atomic E-state index is 0.249. The maximum absolute atomic E-state index is 13.0. The third kappa shape index (κ3) is 13.5. The van der Waals surface area contributed by atoms with Crippen molar-refractivity contribution >= 4 is 59.5 Å². The molecule has 0 radical (unpaired) electrons. The van der Waals surface area contributed by atoms with E-state index in [4.69, 9.17) is 27.1 Å². The molecule has 0 aromatic rings. The van der Waals surface area contributed by atoms with Gasteiger partial charge in [-0.2, -0.15) is 0 Å². The second-order valence-electron chi connectivity index (χ2n) is 11.2. The van der Waals surface area contributed by atoms with Gasteiger partial charge in [-0.3, -0.25) is 14.1 Å². The van der Waals surface area contributed by atoms with Gasteiger partial charge in [0.2, 0.25) is 12.6 Å². The lowest BCUT2D eigenvalue weighted by Crippen LogP contribution is -2.47. The van der Waals surface area contributed by atoms with Crippen LogP contribution in [0, 0.1) is 5.41 Å². The van der Waals surface area contributed by atoms with E-state index in [1.807, 2.05) is 35.0 Å². The molecule has 194 valence electrons. The third-order valence-electron chi connectivity index (χ3n) is 5.13. The number of thiocarbonyl (C=S) groups is 1. The molecule has 0 aliphatic heterocycles. The van der Waals surface area contributed by atoms with Gasteiger partial charge in [-0.15, -0.1) is 11.8 Å². The number of carbonyl (C=O) groups excluding carboxylic acids is 2. The van der Waals surface area contributed by atoms with E-state index < -0.39 is 24.4 Å². The molecule has 2 atom stereocenters.